The molecule has 0 amide bonds. The van der Waals surface area contributed by atoms with Gasteiger partial charge in [0.25, 0.3) is 0 Å². The molecule has 0 bridgehead atoms. The first kappa shape index (κ1) is 20.9. The van der Waals surface area contributed by atoms with Crippen molar-refractivity contribution in [2.24, 2.45) is 0 Å². The summed E-state index contributed by atoms with van der Waals surface area (Å²) < 4.78 is 41.5. The molecule has 7 nitrogen and oxygen atoms in total. The van der Waals surface area contributed by atoms with Crippen LogP contribution in [-0.2, 0) is 11.3 Å². The molecule has 3 rings (SSSR count). The van der Waals surface area contributed by atoms with Gasteiger partial charge in [0.2, 0.25) is 5.95 Å². The number of nitrogens with one attached hydrogen (secondary N) is 2. The molecule has 30 heavy (non-hydrogen) atoms. The first-order valence-corrected chi connectivity index (χ1v) is 8.77. The van der Waals surface area contributed by atoms with Gasteiger partial charge in [0.1, 0.15) is 18.1 Å². The molecule has 0 saturated heterocycles. The molecule has 0 aliphatic carbocycles. The van der Waals surface area contributed by atoms with Crippen LogP contribution in [0.3, 0.4) is 0 Å². The van der Waals surface area contributed by atoms with E-state index in [9.17, 15) is 18.0 Å². The summed E-state index contributed by atoms with van der Waals surface area (Å²) >= 11 is 0. The van der Waals surface area contributed by atoms with Gasteiger partial charge in [-0.2, -0.15) is 4.98 Å². The Morgan fingerprint density at radius 1 is 1.00 bits per heavy atom. The molecule has 0 spiro atoms. The van der Waals surface area contributed by atoms with Crippen molar-refractivity contribution >= 4 is 17.7 Å². The van der Waals surface area contributed by atoms with Gasteiger partial charge in [-0.3, -0.25) is 4.79 Å². The summed E-state index contributed by atoms with van der Waals surface area (Å²) in [5, 5.41) is 14.5. The van der Waals surface area contributed by atoms with E-state index < -0.39 is 24.6 Å². The molecule has 1 aromatic heterocycles. The minimum atomic E-state index is -4.82. The summed E-state index contributed by atoms with van der Waals surface area (Å²) in [6, 6.07) is 16.4. The molecule has 156 valence electrons. The Morgan fingerprint density at radius 2 is 1.77 bits per heavy atom. The lowest BCUT2D eigenvalue weighted by atomic mass is 10.1. The lowest BCUT2D eigenvalue weighted by Crippen LogP contribution is -2.17. The fourth-order valence-corrected chi connectivity index (χ4v) is 2.56. The number of aromatic nitrogens is 2. The maximum Gasteiger partial charge on any atom is 0.573 e. The smallest absolute Gasteiger partial charge is 0.480 e. The Morgan fingerprint density at radius 3 is 2.47 bits per heavy atom. The molecule has 0 aliphatic heterocycles. The standard InChI is InChI=1S/C20H17F3N4O3/c21-20(22,23)30-15-8-4-7-14(9-15)16-10-17(24-11-13-5-2-1-3-6-13)27-19(26-16)25-12-18(28)29/h1-10H,11-12H2,(H,28,29)(H2,24,25,26,27). The normalized spacial score (nSPS) is 11.0. The lowest BCUT2D eigenvalue weighted by molar-refractivity contribution is -0.274. The van der Waals surface area contributed by atoms with Crippen LogP contribution in [0.25, 0.3) is 11.3 Å². The molecule has 0 fully saturated rings. The van der Waals surface area contributed by atoms with E-state index in [4.69, 9.17) is 5.11 Å². The number of nitrogens with zero attached hydrogens (tertiary/aromatic N) is 2. The second-order valence-corrected chi connectivity index (χ2v) is 6.12. The minimum absolute atomic E-state index is 0.0209. The Balaban J connectivity index is 1.89. The Hall–Kier alpha value is -3.82. The summed E-state index contributed by atoms with van der Waals surface area (Å²) in [5.74, 6) is -1.10. The van der Waals surface area contributed by atoms with E-state index in [2.05, 4.69) is 25.3 Å². The molecule has 0 unspecified atom stereocenters. The van der Waals surface area contributed by atoms with Gasteiger partial charge in [-0.1, -0.05) is 42.5 Å². The van der Waals surface area contributed by atoms with Crippen molar-refractivity contribution in [2.45, 2.75) is 12.9 Å². The zero-order valence-corrected chi connectivity index (χ0v) is 15.5. The fourth-order valence-electron chi connectivity index (χ4n) is 2.56. The van der Waals surface area contributed by atoms with Crippen LogP contribution in [0, 0.1) is 0 Å². The molecule has 0 atom stereocenters. The maximum absolute atomic E-state index is 12.5. The minimum Gasteiger partial charge on any atom is -0.480 e. The van der Waals surface area contributed by atoms with Gasteiger partial charge >= 0.3 is 12.3 Å². The molecule has 10 heteroatoms. The van der Waals surface area contributed by atoms with E-state index in [-0.39, 0.29) is 5.95 Å². The van der Waals surface area contributed by atoms with Crippen molar-refractivity contribution in [3.05, 3.63) is 66.2 Å². The van der Waals surface area contributed by atoms with Crippen molar-refractivity contribution in [3.8, 4) is 17.0 Å². The summed E-state index contributed by atoms with van der Waals surface area (Å²) in [6.45, 7) is 0.0195. The summed E-state index contributed by atoms with van der Waals surface area (Å²) in [5.41, 5.74) is 1.62. The third-order valence-corrected chi connectivity index (χ3v) is 3.80. The number of hydrogen-bond donors (Lipinski definition) is 3. The Labute approximate surface area is 169 Å². The molecule has 0 aliphatic rings. The van der Waals surface area contributed by atoms with E-state index >= 15 is 0 Å². The zero-order valence-electron chi connectivity index (χ0n) is 15.5. The highest BCUT2D eigenvalue weighted by Gasteiger charge is 2.31. The number of halogens is 3. The third-order valence-electron chi connectivity index (χ3n) is 3.80. The molecular weight excluding hydrogens is 401 g/mol. The SMILES string of the molecule is O=C(O)CNc1nc(NCc2ccccc2)cc(-c2cccc(OC(F)(F)F)c2)n1. The van der Waals surface area contributed by atoms with Crippen molar-refractivity contribution in [1.82, 2.24) is 9.97 Å². The number of alkyl halides is 3. The number of ether oxygens (including phenoxy) is 1. The van der Waals surface area contributed by atoms with Crippen LogP contribution in [0.5, 0.6) is 5.75 Å². The van der Waals surface area contributed by atoms with E-state index in [1.54, 1.807) is 12.1 Å². The number of carbonyl (C=O) groups is 1. The van der Waals surface area contributed by atoms with Crippen molar-refractivity contribution in [3.63, 3.8) is 0 Å². The number of rotatable bonds is 8. The molecule has 0 radical (unpaired) electrons. The number of anilines is 2. The first-order valence-electron chi connectivity index (χ1n) is 8.77. The average Bonchev–Trinajstić information content (AvgIpc) is 2.70. The van der Waals surface area contributed by atoms with Crippen LogP contribution < -0.4 is 15.4 Å². The summed E-state index contributed by atoms with van der Waals surface area (Å²) in [7, 11) is 0. The predicted molar refractivity (Wildman–Crippen MR) is 104 cm³/mol. The van der Waals surface area contributed by atoms with Crippen LogP contribution in [-0.4, -0.2) is 34.0 Å². The quantitative estimate of drug-likeness (QED) is 0.506. The van der Waals surface area contributed by atoms with Gasteiger partial charge in [-0.25, -0.2) is 4.98 Å². The van der Waals surface area contributed by atoms with Crippen molar-refractivity contribution in [2.75, 3.05) is 17.2 Å². The second-order valence-electron chi connectivity index (χ2n) is 6.12. The Kier molecular flexibility index (Phi) is 6.35. The Bertz CT molecular complexity index is 1010. The van der Waals surface area contributed by atoms with E-state index in [0.29, 0.717) is 23.6 Å². The van der Waals surface area contributed by atoms with Crippen LogP contribution in [0.4, 0.5) is 24.9 Å². The van der Waals surface area contributed by atoms with E-state index in [1.807, 2.05) is 30.3 Å². The van der Waals surface area contributed by atoms with Gasteiger partial charge < -0.3 is 20.5 Å². The molecular formula is C20H17F3N4O3. The van der Waals surface area contributed by atoms with Crippen molar-refractivity contribution < 1.29 is 27.8 Å². The van der Waals surface area contributed by atoms with Crippen LogP contribution in [0.2, 0.25) is 0 Å². The molecule has 2 aromatic carbocycles. The number of carboxylic acid groups (broad SMARTS) is 1. The molecule has 1 heterocycles. The highest BCUT2D eigenvalue weighted by atomic mass is 19.4. The van der Waals surface area contributed by atoms with Gasteiger partial charge in [0, 0.05) is 18.2 Å². The average molecular weight is 418 g/mol. The summed E-state index contributed by atoms with van der Waals surface area (Å²) in [6.07, 6.45) is -4.82. The number of hydrogen-bond acceptors (Lipinski definition) is 6. The van der Waals surface area contributed by atoms with Gasteiger partial charge in [-0.05, 0) is 17.7 Å². The highest BCUT2D eigenvalue weighted by Crippen LogP contribution is 2.28. The molecule has 3 aromatic rings. The van der Waals surface area contributed by atoms with E-state index in [0.717, 1.165) is 5.56 Å². The third kappa shape index (κ3) is 6.36. The van der Waals surface area contributed by atoms with Gasteiger partial charge in [-0.15, -0.1) is 13.2 Å². The largest absolute Gasteiger partial charge is 0.573 e. The lowest BCUT2D eigenvalue weighted by Gasteiger charge is -2.12. The number of aliphatic carboxylic acids is 1. The van der Waals surface area contributed by atoms with Crippen LogP contribution in [0.15, 0.2) is 60.7 Å². The second kappa shape index (κ2) is 9.12. The van der Waals surface area contributed by atoms with Crippen LogP contribution in [0.1, 0.15) is 5.56 Å². The predicted octanol–water partition coefficient (Wildman–Crippen LogP) is 4.15. The topological polar surface area (TPSA) is 96.4 Å². The fraction of sp³-hybridized carbons (Fsp3) is 0.150. The van der Waals surface area contributed by atoms with Crippen molar-refractivity contribution in [1.29, 1.82) is 0 Å². The monoisotopic (exact) mass is 418 g/mol. The maximum atomic E-state index is 12.5. The zero-order chi connectivity index (χ0) is 21.6. The highest BCUT2D eigenvalue weighted by molar-refractivity contribution is 5.72. The van der Waals surface area contributed by atoms with Crippen LogP contribution >= 0.6 is 0 Å². The first-order chi connectivity index (χ1) is 14.3. The molecule has 0 saturated carbocycles. The van der Waals surface area contributed by atoms with Gasteiger partial charge in [0.05, 0.1) is 5.69 Å². The molecule has 3 N–H and O–H groups in total. The van der Waals surface area contributed by atoms with Gasteiger partial charge in [0.15, 0.2) is 0 Å². The summed E-state index contributed by atoms with van der Waals surface area (Å²) in [4.78, 5) is 19.3. The number of benzene rings is 2. The van der Waals surface area contributed by atoms with E-state index in [1.165, 1.54) is 18.2 Å². The number of carboxylic acids is 1.